The number of nitrogens with one attached hydrogen (secondary N) is 2. The molecule has 2 spiro atoms. The van der Waals surface area contributed by atoms with Gasteiger partial charge in [0.1, 0.15) is 5.72 Å². The molecule has 0 radical (unpaired) electrons. The summed E-state index contributed by atoms with van der Waals surface area (Å²) in [5.41, 5.74) is 0.697. The minimum Gasteiger partial charge on any atom is -0.360 e. The van der Waals surface area contributed by atoms with Crippen molar-refractivity contribution in [3.8, 4) is 0 Å². The Bertz CT molecular complexity index is 303. The molecule has 0 aromatic rings. The quantitative estimate of drug-likeness (QED) is 0.677. The van der Waals surface area contributed by atoms with E-state index < -0.39 is 0 Å². The first-order valence-corrected chi connectivity index (χ1v) is 6.92. The molecule has 3 aliphatic rings. The largest absolute Gasteiger partial charge is 0.360 e. The molecule has 2 saturated heterocycles. The van der Waals surface area contributed by atoms with Crippen molar-refractivity contribution in [1.82, 2.24) is 10.6 Å². The van der Waals surface area contributed by atoms with Crippen LogP contribution in [0.5, 0.6) is 0 Å². The molecule has 98 valence electrons. The average molecular weight is 238 g/mol. The molecule has 1 aliphatic carbocycles. The first-order chi connectivity index (χ1) is 7.74. The summed E-state index contributed by atoms with van der Waals surface area (Å²) < 4.78 is 6.30. The highest BCUT2D eigenvalue weighted by Gasteiger charge is 2.55. The molecule has 0 aromatic heterocycles. The van der Waals surface area contributed by atoms with Crippen LogP contribution in [0.3, 0.4) is 0 Å². The first-order valence-electron chi connectivity index (χ1n) is 6.92. The lowest BCUT2D eigenvalue weighted by atomic mass is 9.76. The SMILES string of the molecule is CC1(C)CC2(CC(C)(C)N1)NCC1(CC1)CO2. The average Bonchev–Trinajstić information content (AvgIpc) is 2.87. The van der Waals surface area contributed by atoms with Gasteiger partial charge in [-0.3, -0.25) is 5.32 Å². The van der Waals surface area contributed by atoms with Crippen molar-refractivity contribution in [2.75, 3.05) is 13.2 Å². The van der Waals surface area contributed by atoms with Gasteiger partial charge in [0.15, 0.2) is 0 Å². The Morgan fingerprint density at radius 3 is 1.94 bits per heavy atom. The second-order valence-electron chi connectivity index (χ2n) is 7.88. The fourth-order valence-corrected chi connectivity index (χ4v) is 3.96. The van der Waals surface area contributed by atoms with Crippen LogP contribution < -0.4 is 10.6 Å². The van der Waals surface area contributed by atoms with Gasteiger partial charge in [-0.15, -0.1) is 0 Å². The maximum absolute atomic E-state index is 6.30. The Labute approximate surface area is 105 Å². The van der Waals surface area contributed by atoms with E-state index in [9.17, 15) is 0 Å². The first kappa shape index (κ1) is 11.9. The normalized spacial score (nSPS) is 36.0. The maximum atomic E-state index is 6.30. The molecule has 17 heavy (non-hydrogen) atoms. The van der Waals surface area contributed by atoms with Crippen LogP contribution in [0.1, 0.15) is 53.4 Å². The number of piperidine rings is 1. The summed E-state index contributed by atoms with van der Waals surface area (Å²) in [6.45, 7) is 11.2. The Hall–Kier alpha value is -0.120. The summed E-state index contributed by atoms with van der Waals surface area (Å²) >= 11 is 0. The minimum atomic E-state index is -0.0912. The van der Waals surface area contributed by atoms with Gasteiger partial charge in [-0.1, -0.05) is 0 Å². The molecule has 2 aliphatic heterocycles. The molecule has 0 bridgehead atoms. The van der Waals surface area contributed by atoms with Gasteiger partial charge in [-0.05, 0) is 40.5 Å². The molecule has 0 amide bonds. The lowest BCUT2D eigenvalue weighted by molar-refractivity contribution is -0.168. The summed E-state index contributed by atoms with van der Waals surface area (Å²) in [7, 11) is 0. The second-order valence-corrected chi connectivity index (χ2v) is 7.88. The number of ether oxygens (including phenoxy) is 1. The van der Waals surface area contributed by atoms with Crippen LogP contribution in [0.4, 0.5) is 0 Å². The van der Waals surface area contributed by atoms with Gasteiger partial charge >= 0.3 is 0 Å². The summed E-state index contributed by atoms with van der Waals surface area (Å²) in [6, 6.07) is 0. The second kappa shape index (κ2) is 3.25. The third-order valence-electron chi connectivity index (χ3n) is 4.53. The topological polar surface area (TPSA) is 33.3 Å². The van der Waals surface area contributed by atoms with Crippen LogP contribution in [0.25, 0.3) is 0 Å². The highest BCUT2D eigenvalue weighted by Crippen LogP contribution is 2.50. The minimum absolute atomic E-state index is 0.0912. The Balaban J connectivity index is 1.77. The Morgan fingerprint density at radius 2 is 1.53 bits per heavy atom. The van der Waals surface area contributed by atoms with Gasteiger partial charge in [0.2, 0.25) is 0 Å². The molecule has 3 fully saturated rings. The molecule has 0 aromatic carbocycles. The van der Waals surface area contributed by atoms with E-state index in [0.29, 0.717) is 5.41 Å². The van der Waals surface area contributed by atoms with Crippen LogP contribution in [0.15, 0.2) is 0 Å². The molecule has 3 nitrogen and oxygen atoms in total. The van der Waals surface area contributed by atoms with Crippen LogP contribution >= 0.6 is 0 Å². The monoisotopic (exact) mass is 238 g/mol. The van der Waals surface area contributed by atoms with Gasteiger partial charge in [-0.25, -0.2) is 0 Å². The summed E-state index contributed by atoms with van der Waals surface area (Å²) in [4.78, 5) is 0. The molecular formula is C14H26N2O. The van der Waals surface area contributed by atoms with E-state index in [2.05, 4.69) is 38.3 Å². The summed E-state index contributed by atoms with van der Waals surface area (Å²) in [5.74, 6) is 0. The smallest absolute Gasteiger partial charge is 0.122 e. The fraction of sp³-hybridized carbons (Fsp3) is 1.00. The highest BCUT2D eigenvalue weighted by molar-refractivity contribution is 5.08. The van der Waals surface area contributed by atoms with Crippen LogP contribution in [0.2, 0.25) is 0 Å². The lowest BCUT2D eigenvalue weighted by Crippen LogP contribution is -2.70. The third-order valence-corrected chi connectivity index (χ3v) is 4.53. The van der Waals surface area contributed by atoms with Crippen LogP contribution in [-0.4, -0.2) is 30.0 Å². The highest BCUT2D eigenvalue weighted by atomic mass is 16.5. The van der Waals surface area contributed by atoms with Crippen molar-refractivity contribution in [3.05, 3.63) is 0 Å². The van der Waals surface area contributed by atoms with Crippen molar-refractivity contribution < 1.29 is 4.74 Å². The van der Waals surface area contributed by atoms with Crippen molar-refractivity contribution in [2.45, 2.75) is 70.2 Å². The van der Waals surface area contributed by atoms with Crippen LogP contribution in [-0.2, 0) is 4.74 Å². The molecule has 2 N–H and O–H groups in total. The van der Waals surface area contributed by atoms with Crippen molar-refractivity contribution >= 4 is 0 Å². The van der Waals surface area contributed by atoms with Crippen molar-refractivity contribution in [2.24, 2.45) is 5.41 Å². The third kappa shape index (κ3) is 2.25. The van der Waals surface area contributed by atoms with Crippen molar-refractivity contribution in [3.63, 3.8) is 0 Å². The van der Waals surface area contributed by atoms with E-state index in [1.807, 2.05) is 0 Å². The number of hydrogen-bond donors (Lipinski definition) is 2. The van der Waals surface area contributed by atoms with Gasteiger partial charge in [-0.2, -0.15) is 0 Å². The van der Waals surface area contributed by atoms with Gasteiger partial charge in [0.05, 0.1) is 6.61 Å². The molecular weight excluding hydrogens is 212 g/mol. The molecule has 2 heterocycles. The zero-order valence-corrected chi connectivity index (χ0v) is 11.7. The number of hydrogen-bond acceptors (Lipinski definition) is 3. The van der Waals surface area contributed by atoms with E-state index in [4.69, 9.17) is 4.74 Å². The predicted octanol–water partition coefficient (Wildman–Crippen LogP) is 2.02. The molecule has 3 rings (SSSR count). The van der Waals surface area contributed by atoms with Gasteiger partial charge in [0, 0.05) is 35.9 Å². The Morgan fingerprint density at radius 1 is 0.941 bits per heavy atom. The Kier molecular flexibility index (Phi) is 2.28. The maximum Gasteiger partial charge on any atom is 0.122 e. The van der Waals surface area contributed by atoms with E-state index in [0.717, 1.165) is 26.0 Å². The zero-order chi connectivity index (χ0) is 12.4. The molecule has 3 heteroatoms. The van der Waals surface area contributed by atoms with E-state index >= 15 is 0 Å². The molecule has 0 unspecified atom stereocenters. The van der Waals surface area contributed by atoms with Crippen LogP contribution in [0, 0.1) is 5.41 Å². The summed E-state index contributed by atoms with van der Waals surface area (Å²) in [5, 5.41) is 7.46. The van der Waals surface area contributed by atoms with E-state index in [-0.39, 0.29) is 16.8 Å². The van der Waals surface area contributed by atoms with Gasteiger partial charge < -0.3 is 10.1 Å². The summed E-state index contributed by atoms with van der Waals surface area (Å²) in [6.07, 6.45) is 4.81. The van der Waals surface area contributed by atoms with E-state index in [1.54, 1.807) is 0 Å². The standard InChI is InChI=1S/C14H26N2O/c1-11(2)7-14(8-12(3,4)16-11)15-9-13(5-6-13)10-17-14/h15-16H,5-10H2,1-4H3. The van der Waals surface area contributed by atoms with Crippen molar-refractivity contribution in [1.29, 1.82) is 0 Å². The van der Waals surface area contributed by atoms with E-state index in [1.165, 1.54) is 12.8 Å². The fourth-order valence-electron chi connectivity index (χ4n) is 3.96. The lowest BCUT2D eigenvalue weighted by Gasteiger charge is -2.55. The predicted molar refractivity (Wildman–Crippen MR) is 68.9 cm³/mol. The number of rotatable bonds is 0. The molecule has 1 saturated carbocycles. The van der Waals surface area contributed by atoms with Gasteiger partial charge in [0.25, 0.3) is 0 Å². The molecule has 0 atom stereocenters. The zero-order valence-electron chi connectivity index (χ0n) is 11.7.